The Labute approximate surface area is 87.5 Å². The molecule has 0 saturated carbocycles. The van der Waals surface area contributed by atoms with E-state index in [1.165, 1.54) is 12.1 Å². The van der Waals surface area contributed by atoms with Gasteiger partial charge in [0.1, 0.15) is 0 Å². The fourth-order valence-corrected chi connectivity index (χ4v) is 1.20. The molecular formula is C11H14F3N. The van der Waals surface area contributed by atoms with Crippen LogP contribution >= 0.6 is 0 Å². The van der Waals surface area contributed by atoms with E-state index in [-0.39, 0.29) is 6.04 Å². The Bertz CT molecular complexity index is 331. The lowest BCUT2D eigenvalue weighted by Gasteiger charge is -2.24. The zero-order valence-electron chi connectivity index (χ0n) is 8.97. The van der Waals surface area contributed by atoms with Crippen LogP contribution in [0.5, 0.6) is 0 Å². The highest BCUT2D eigenvalue weighted by molar-refractivity contribution is 5.49. The van der Waals surface area contributed by atoms with Gasteiger partial charge in [-0.15, -0.1) is 0 Å². The van der Waals surface area contributed by atoms with Crippen molar-refractivity contribution in [3.63, 3.8) is 0 Å². The number of hydrogen-bond acceptors (Lipinski definition) is 1. The zero-order chi connectivity index (χ0) is 11.6. The van der Waals surface area contributed by atoms with Crippen molar-refractivity contribution >= 4 is 5.69 Å². The van der Waals surface area contributed by atoms with Crippen LogP contribution < -0.4 is 4.90 Å². The zero-order valence-corrected chi connectivity index (χ0v) is 8.97. The average molecular weight is 217 g/mol. The van der Waals surface area contributed by atoms with E-state index < -0.39 is 11.7 Å². The van der Waals surface area contributed by atoms with Gasteiger partial charge in [0, 0.05) is 18.8 Å². The second-order valence-electron chi connectivity index (χ2n) is 3.75. The SMILES string of the molecule is CC(C)N(C)c1cccc(C(F)(F)F)c1. The molecule has 0 unspecified atom stereocenters. The molecule has 0 spiro atoms. The van der Waals surface area contributed by atoms with E-state index in [1.807, 2.05) is 13.8 Å². The molecule has 1 aromatic rings. The van der Waals surface area contributed by atoms with Crippen LogP contribution in [0.25, 0.3) is 0 Å². The summed E-state index contributed by atoms with van der Waals surface area (Å²) >= 11 is 0. The van der Waals surface area contributed by atoms with Crippen LogP contribution in [-0.4, -0.2) is 13.1 Å². The van der Waals surface area contributed by atoms with Gasteiger partial charge >= 0.3 is 6.18 Å². The Hall–Kier alpha value is -1.19. The smallest absolute Gasteiger partial charge is 0.372 e. The summed E-state index contributed by atoms with van der Waals surface area (Å²) in [6.07, 6.45) is -4.27. The Morgan fingerprint density at radius 1 is 1.20 bits per heavy atom. The fourth-order valence-electron chi connectivity index (χ4n) is 1.20. The summed E-state index contributed by atoms with van der Waals surface area (Å²) in [5.74, 6) is 0. The van der Waals surface area contributed by atoms with Crippen molar-refractivity contribution < 1.29 is 13.2 Å². The molecule has 1 rings (SSSR count). The van der Waals surface area contributed by atoms with Gasteiger partial charge in [0.05, 0.1) is 5.56 Å². The molecule has 0 N–H and O–H groups in total. The van der Waals surface area contributed by atoms with Gasteiger partial charge in [-0.3, -0.25) is 0 Å². The first-order valence-corrected chi connectivity index (χ1v) is 4.72. The van der Waals surface area contributed by atoms with Crippen molar-refractivity contribution in [1.29, 1.82) is 0 Å². The fraction of sp³-hybridized carbons (Fsp3) is 0.455. The lowest BCUT2D eigenvalue weighted by Crippen LogP contribution is -2.25. The molecule has 0 fully saturated rings. The molecule has 0 amide bonds. The predicted octanol–water partition coefficient (Wildman–Crippen LogP) is 3.55. The van der Waals surface area contributed by atoms with E-state index in [1.54, 1.807) is 18.0 Å². The first-order valence-electron chi connectivity index (χ1n) is 4.72. The number of benzene rings is 1. The maximum Gasteiger partial charge on any atom is 0.416 e. The minimum Gasteiger partial charge on any atom is -0.372 e. The molecule has 0 heterocycles. The molecule has 0 radical (unpaired) electrons. The molecule has 0 aromatic heterocycles. The highest BCUT2D eigenvalue weighted by Gasteiger charge is 2.30. The topological polar surface area (TPSA) is 3.24 Å². The molecular weight excluding hydrogens is 203 g/mol. The second-order valence-corrected chi connectivity index (χ2v) is 3.75. The number of nitrogens with zero attached hydrogens (tertiary/aromatic N) is 1. The standard InChI is InChI=1S/C11H14F3N/c1-8(2)15(3)10-6-4-5-9(7-10)11(12,13)14/h4-8H,1-3H3. The van der Waals surface area contributed by atoms with E-state index >= 15 is 0 Å². The van der Waals surface area contributed by atoms with Crippen LogP contribution in [-0.2, 0) is 6.18 Å². The van der Waals surface area contributed by atoms with Crippen molar-refractivity contribution in [2.45, 2.75) is 26.1 Å². The molecule has 4 heteroatoms. The minimum atomic E-state index is -4.27. The van der Waals surface area contributed by atoms with Gasteiger partial charge in [0.2, 0.25) is 0 Å². The average Bonchev–Trinajstić information content (AvgIpc) is 2.15. The second kappa shape index (κ2) is 4.13. The molecule has 0 aliphatic carbocycles. The van der Waals surface area contributed by atoms with Gasteiger partial charge in [-0.05, 0) is 32.0 Å². The highest BCUT2D eigenvalue weighted by Crippen LogP contribution is 2.31. The Balaban J connectivity index is 3.03. The van der Waals surface area contributed by atoms with Gasteiger partial charge in [-0.25, -0.2) is 0 Å². The Morgan fingerprint density at radius 2 is 1.80 bits per heavy atom. The van der Waals surface area contributed by atoms with Crippen LogP contribution in [0.4, 0.5) is 18.9 Å². The third-order valence-electron chi connectivity index (χ3n) is 2.36. The number of alkyl halides is 3. The summed E-state index contributed by atoms with van der Waals surface area (Å²) in [5, 5.41) is 0. The number of anilines is 1. The lowest BCUT2D eigenvalue weighted by molar-refractivity contribution is -0.137. The van der Waals surface area contributed by atoms with E-state index in [0.29, 0.717) is 5.69 Å². The van der Waals surface area contributed by atoms with Gasteiger partial charge in [0.15, 0.2) is 0 Å². The van der Waals surface area contributed by atoms with Gasteiger partial charge in [0.25, 0.3) is 0 Å². The monoisotopic (exact) mass is 217 g/mol. The first kappa shape index (κ1) is 11.9. The van der Waals surface area contributed by atoms with Crippen molar-refractivity contribution in [3.05, 3.63) is 29.8 Å². The van der Waals surface area contributed by atoms with Crippen molar-refractivity contribution in [2.24, 2.45) is 0 Å². The highest BCUT2D eigenvalue weighted by atomic mass is 19.4. The van der Waals surface area contributed by atoms with E-state index in [9.17, 15) is 13.2 Å². The van der Waals surface area contributed by atoms with Crippen molar-refractivity contribution in [2.75, 3.05) is 11.9 Å². The Kier molecular flexibility index (Phi) is 3.27. The number of rotatable bonds is 2. The molecule has 84 valence electrons. The maximum absolute atomic E-state index is 12.4. The molecule has 0 saturated heterocycles. The minimum absolute atomic E-state index is 0.175. The third-order valence-corrected chi connectivity index (χ3v) is 2.36. The molecule has 0 aliphatic heterocycles. The predicted molar refractivity (Wildman–Crippen MR) is 55.0 cm³/mol. The largest absolute Gasteiger partial charge is 0.416 e. The van der Waals surface area contributed by atoms with Crippen molar-refractivity contribution in [1.82, 2.24) is 0 Å². The maximum atomic E-state index is 12.4. The van der Waals surface area contributed by atoms with Crippen LogP contribution in [0.15, 0.2) is 24.3 Å². The summed E-state index contributed by atoms with van der Waals surface area (Å²) in [4.78, 5) is 1.80. The van der Waals surface area contributed by atoms with Crippen LogP contribution in [0, 0.1) is 0 Å². The van der Waals surface area contributed by atoms with E-state index in [4.69, 9.17) is 0 Å². The normalized spacial score (nSPS) is 11.9. The summed E-state index contributed by atoms with van der Waals surface area (Å²) in [7, 11) is 1.78. The van der Waals surface area contributed by atoms with Gasteiger partial charge < -0.3 is 4.90 Å². The summed E-state index contributed by atoms with van der Waals surface area (Å²) in [6, 6.07) is 5.53. The van der Waals surface area contributed by atoms with Crippen molar-refractivity contribution in [3.8, 4) is 0 Å². The van der Waals surface area contributed by atoms with Crippen LogP contribution in [0.1, 0.15) is 19.4 Å². The van der Waals surface area contributed by atoms with Gasteiger partial charge in [-0.1, -0.05) is 6.07 Å². The van der Waals surface area contributed by atoms with Crippen LogP contribution in [0.2, 0.25) is 0 Å². The molecule has 0 aliphatic rings. The van der Waals surface area contributed by atoms with Crippen LogP contribution in [0.3, 0.4) is 0 Å². The molecule has 0 atom stereocenters. The molecule has 0 bridgehead atoms. The molecule has 15 heavy (non-hydrogen) atoms. The van der Waals surface area contributed by atoms with E-state index in [0.717, 1.165) is 6.07 Å². The third kappa shape index (κ3) is 2.88. The summed E-state index contributed by atoms with van der Waals surface area (Å²) in [5.41, 5.74) is -0.0210. The number of halogens is 3. The number of hydrogen-bond donors (Lipinski definition) is 0. The molecule has 1 aromatic carbocycles. The quantitative estimate of drug-likeness (QED) is 0.732. The lowest BCUT2D eigenvalue weighted by atomic mass is 10.1. The van der Waals surface area contributed by atoms with E-state index in [2.05, 4.69) is 0 Å². The summed E-state index contributed by atoms with van der Waals surface area (Å²) in [6.45, 7) is 3.86. The summed E-state index contributed by atoms with van der Waals surface area (Å²) < 4.78 is 37.2. The Morgan fingerprint density at radius 3 is 2.27 bits per heavy atom. The van der Waals surface area contributed by atoms with Gasteiger partial charge in [-0.2, -0.15) is 13.2 Å². The first-order chi connectivity index (χ1) is 6.82. The molecule has 1 nitrogen and oxygen atoms in total.